The fourth-order valence-corrected chi connectivity index (χ4v) is 2.96. The molecule has 0 saturated heterocycles. The summed E-state index contributed by atoms with van der Waals surface area (Å²) < 4.78 is 35.9. The molecule has 0 saturated carbocycles. The fraction of sp³-hybridized carbons (Fsp3) is 0.250. The van der Waals surface area contributed by atoms with Gasteiger partial charge in [-0.1, -0.05) is 73.2 Å². The summed E-state index contributed by atoms with van der Waals surface area (Å²) in [7, 11) is 0. The number of aryl methyl sites for hydroxylation is 1. The van der Waals surface area contributed by atoms with Crippen molar-refractivity contribution in [1.29, 1.82) is 0 Å². The Labute approximate surface area is 159 Å². The number of benzene rings is 3. The van der Waals surface area contributed by atoms with Crippen molar-refractivity contribution in [2.24, 2.45) is 0 Å². The molecule has 1 unspecified atom stereocenters. The third kappa shape index (κ3) is 5.89. The van der Waals surface area contributed by atoms with Gasteiger partial charge >= 0.3 is 6.18 Å². The van der Waals surface area contributed by atoms with Crippen LogP contribution in [0.2, 0.25) is 0 Å². The number of fused-ring (bicyclic) bond motifs is 1. The molecule has 140 valence electrons. The van der Waals surface area contributed by atoms with Crippen LogP contribution < -0.4 is 0 Å². The Morgan fingerprint density at radius 2 is 1.63 bits per heavy atom. The van der Waals surface area contributed by atoms with Crippen molar-refractivity contribution in [3.05, 3.63) is 83.4 Å². The van der Waals surface area contributed by atoms with Gasteiger partial charge in [0, 0.05) is 6.42 Å². The predicted molar refractivity (Wildman–Crippen MR) is 107 cm³/mol. The molecule has 0 aliphatic carbocycles. The number of hydrogen-bond donors (Lipinski definition) is 0. The highest BCUT2D eigenvalue weighted by Gasteiger charge is 2.29. The summed E-state index contributed by atoms with van der Waals surface area (Å²) in [5.41, 5.74) is 1.45. The molecule has 0 aromatic heterocycles. The van der Waals surface area contributed by atoms with E-state index in [1.807, 2.05) is 0 Å². The number of rotatable bonds is 3. The maximum absolute atomic E-state index is 12.0. The molecule has 3 heteroatoms. The van der Waals surface area contributed by atoms with Crippen molar-refractivity contribution in [3.8, 4) is 12.3 Å². The van der Waals surface area contributed by atoms with Crippen LogP contribution in [-0.2, 0) is 6.18 Å². The summed E-state index contributed by atoms with van der Waals surface area (Å²) >= 11 is 0. The normalized spacial score (nSPS) is 12.0. The summed E-state index contributed by atoms with van der Waals surface area (Å²) in [5, 5.41) is 2.67. The molecule has 0 amide bonds. The van der Waals surface area contributed by atoms with Crippen LogP contribution >= 0.6 is 0 Å². The lowest BCUT2D eigenvalue weighted by molar-refractivity contribution is -0.137. The topological polar surface area (TPSA) is 0 Å². The minimum absolute atomic E-state index is 0.530. The summed E-state index contributed by atoms with van der Waals surface area (Å²) in [6.07, 6.45) is 3.01. The molecule has 3 rings (SSSR count). The Balaban J connectivity index is 0.000000208. The molecular formula is C24H23F3. The van der Waals surface area contributed by atoms with Gasteiger partial charge in [0.05, 0.1) is 5.56 Å². The van der Waals surface area contributed by atoms with Gasteiger partial charge in [-0.2, -0.15) is 13.2 Å². The Bertz CT molecular complexity index is 911. The van der Waals surface area contributed by atoms with E-state index >= 15 is 0 Å². The smallest absolute Gasteiger partial charge is 0.166 e. The second-order valence-electron chi connectivity index (χ2n) is 6.58. The van der Waals surface area contributed by atoms with E-state index in [1.54, 1.807) is 13.0 Å². The Morgan fingerprint density at radius 1 is 0.963 bits per heavy atom. The molecule has 0 radical (unpaired) electrons. The number of halogens is 3. The van der Waals surface area contributed by atoms with Gasteiger partial charge < -0.3 is 0 Å². The Hall–Kier alpha value is -2.73. The van der Waals surface area contributed by atoms with E-state index in [1.165, 1.54) is 22.4 Å². The molecule has 0 nitrogen and oxygen atoms in total. The summed E-state index contributed by atoms with van der Waals surface area (Å²) in [6.45, 7) is 3.88. The second-order valence-corrected chi connectivity index (χ2v) is 6.58. The first-order valence-corrected chi connectivity index (χ1v) is 8.88. The van der Waals surface area contributed by atoms with Crippen LogP contribution in [0.4, 0.5) is 13.2 Å². The fourth-order valence-electron chi connectivity index (χ4n) is 2.96. The third-order valence-corrected chi connectivity index (χ3v) is 4.42. The molecule has 0 aliphatic rings. The Kier molecular flexibility index (Phi) is 7.07. The lowest BCUT2D eigenvalue weighted by atomic mass is 9.92. The highest BCUT2D eigenvalue weighted by Crippen LogP contribution is 2.29. The van der Waals surface area contributed by atoms with Gasteiger partial charge in [-0.15, -0.1) is 12.3 Å². The first-order chi connectivity index (χ1) is 12.8. The zero-order valence-electron chi connectivity index (χ0n) is 15.6. The molecule has 0 fully saturated rings. The van der Waals surface area contributed by atoms with Crippen LogP contribution in [0.5, 0.6) is 0 Å². The van der Waals surface area contributed by atoms with E-state index in [9.17, 15) is 13.2 Å². The number of terminal acetylenes is 1. The maximum atomic E-state index is 12.0. The first kappa shape index (κ1) is 20.6. The zero-order chi connectivity index (χ0) is 19.9. The predicted octanol–water partition coefficient (Wildman–Crippen LogP) is 7.37. The minimum atomic E-state index is -4.22. The average Bonchev–Trinajstić information content (AvgIpc) is 2.65. The van der Waals surface area contributed by atoms with Crippen LogP contribution in [-0.4, -0.2) is 0 Å². The van der Waals surface area contributed by atoms with Crippen molar-refractivity contribution >= 4 is 10.8 Å². The monoisotopic (exact) mass is 368 g/mol. The molecule has 27 heavy (non-hydrogen) atoms. The molecule has 0 spiro atoms. The maximum Gasteiger partial charge on any atom is 0.416 e. The van der Waals surface area contributed by atoms with Crippen LogP contribution in [0.3, 0.4) is 0 Å². The second kappa shape index (κ2) is 9.28. The van der Waals surface area contributed by atoms with Crippen molar-refractivity contribution < 1.29 is 13.2 Å². The quantitative estimate of drug-likeness (QED) is 0.423. The standard InChI is InChI=1S/C16H16.C8H7F3/c1-3-4-8-13(2)15-12-7-10-14-9-5-6-11-16(14)15;1-6-3-2-4-7(5-6)8(9,10)11/h1,5-7,9-13H,4,8H2,2H3;2-5H,1H3. The summed E-state index contributed by atoms with van der Waals surface area (Å²) in [5.74, 6) is 3.25. The molecule has 0 bridgehead atoms. The van der Waals surface area contributed by atoms with Gasteiger partial charge in [-0.05, 0) is 41.7 Å². The van der Waals surface area contributed by atoms with Crippen molar-refractivity contribution in [1.82, 2.24) is 0 Å². The summed E-state index contributed by atoms with van der Waals surface area (Å²) in [4.78, 5) is 0. The lowest BCUT2D eigenvalue weighted by Gasteiger charge is -2.13. The van der Waals surface area contributed by atoms with Crippen LogP contribution in [0.15, 0.2) is 66.7 Å². The average molecular weight is 368 g/mol. The molecule has 0 aliphatic heterocycles. The van der Waals surface area contributed by atoms with Gasteiger partial charge in [0.25, 0.3) is 0 Å². The van der Waals surface area contributed by atoms with Crippen molar-refractivity contribution in [3.63, 3.8) is 0 Å². The largest absolute Gasteiger partial charge is 0.416 e. The van der Waals surface area contributed by atoms with Gasteiger partial charge in [-0.3, -0.25) is 0 Å². The van der Waals surface area contributed by atoms with Crippen molar-refractivity contribution in [2.45, 2.75) is 38.8 Å². The molecule has 0 N–H and O–H groups in total. The highest BCUT2D eigenvalue weighted by molar-refractivity contribution is 5.86. The third-order valence-electron chi connectivity index (χ3n) is 4.42. The van der Waals surface area contributed by atoms with Crippen molar-refractivity contribution in [2.75, 3.05) is 0 Å². The van der Waals surface area contributed by atoms with E-state index in [-0.39, 0.29) is 0 Å². The number of alkyl halides is 3. The van der Waals surface area contributed by atoms with Crippen LogP contribution in [0, 0.1) is 19.3 Å². The molecule has 0 heterocycles. The van der Waals surface area contributed by atoms with E-state index in [0.29, 0.717) is 11.5 Å². The molecule has 3 aromatic rings. The minimum Gasteiger partial charge on any atom is -0.166 e. The van der Waals surface area contributed by atoms with Gasteiger partial charge in [0.15, 0.2) is 0 Å². The van der Waals surface area contributed by atoms with E-state index in [4.69, 9.17) is 6.42 Å². The molecule has 1 atom stereocenters. The first-order valence-electron chi connectivity index (χ1n) is 8.88. The molecule has 3 aromatic carbocycles. The van der Waals surface area contributed by atoms with Gasteiger partial charge in [-0.25, -0.2) is 0 Å². The van der Waals surface area contributed by atoms with Gasteiger partial charge in [0.1, 0.15) is 0 Å². The van der Waals surface area contributed by atoms with E-state index < -0.39 is 11.7 Å². The van der Waals surface area contributed by atoms with Gasteiger partial charge in [0.2, 0.25) is 0 Å². The lowest BCUT2D eigenvalue weighted by Crippen LogP contribution is -2.04. The molecular weight excluding hydrogens is 345 g/mol. The van der Waals surface area contributed by atoms with Crippen LogP contribution in [0.25, 0.3) is 10.8 Å². The van der Waals surface area contributed by atoms with Crippen LogP contribution in [0.1, 0.15) is 42.4 Å². The summed E-state index contributed by atoms with van der Waals surface area (Å²) in [6, 6.07) is 20.3. The van der Waals surface area contributed by atoms with E-state index in [0.717, 1.165) is 25.0 Å². The van der Waals surface area contributed by atoms with E-state index in [2.05, 4.69) is 55.3 Å². The SMILES string of the molecule is C#CCCC(C)c1cccc2ccccc12.Cc1cccc(C(F)(F)F)c1. The zero-order valence-corrected chi connectivity index (χ0v) is 15.6. The Morgan fingerprint density at radius 3 is 2.26 bits per heavy atom. The number of hydrogen-bond acceptors (Lipinski definition) is 0. The highest BCUT2D eigenvalue weighted by atomic mass is 19.4.